The maximum atomic E-state index is 13.1. The lowest BCUT2D eigenvalue weighted by molar-refractivity contribution is -0.145. The molecule has 0 aromatic heterocycles. The molecule has 3 aromatic carbocycles. The van der Waals surface area contributed by atoms with Crippen LogP contribution in [-0.2, 0) is 19.1 Å². The van der Waals surface area contributed by atoms with Crippen molar-refractivity contribution in [3.05, 3.63) is 90.5 Å². The maximum Gasteiger partial charge on any atom is 0.330 e. The minimum atomic E-state index is -0.393. The largest absolute Gasteiger partial charge is 0.494 e. The lowest BCUT2D eigenvalue weighted by atomic mass is 9.77. The van der Waals surface area contributed by atoms with Crippen molar-refractivity contribution in [2.24, 2.45) is 17.8 Å². The first kappa shape index (κ1) is 39.5. The van der Waals surface area contributed by atoms with Gasteiger partial charge in [-0.2, -0.15) is 0 Å². The molecular formula is C45H55NO7. The summed E-state index contributed by atoms with van der Waals surface area (Å²) < 4.78 is 22.2. The van der Waals surface area contributed by atoms with Crippen LogP contribution in [0, 0.1) is 23.2 Å². The first-order valence-corrected chi connectivity index (χ1v) is 19.6. The van der Waals surface area contributed by atoms with Crippen molar-refractivity contribution >= 4 is 24.1 Å². The van der Waals surface area contributed by atoms with Gasteiger partial charge in [-0.1, -0.05) is 56.7 Å². The molecule has 282 valence electrons. The van der Waals surface area contributed by atoms with Gasteiger partial charge in [0.1, 0.15) is 17.2 Å². The lowest BCUT2D eigenvalue weighted by Crippen LogP contribution is -2.30. The molecule has 0 spiro atoms. The summed E-state index contributed by atoms with van der Waals surface area (Å²) in [4.78, 5) is 37.1. The van der Waals surface area contributed by atoms with E-state index in [1.807, 2.05) is 6.07 Å². The van der Waals surface area contributed by atoms with Crippen LogP contribution < -0.4 is 14.2 Å². The SMILES string of the molecule is C=CC(=O)OCCCCCCOc1ccc(OC(=O)C2CCC(C(=O)Oc3ccc(-c4ccc(C5CCC(CCC)CC5)cc4)c(C=N)c3)CC2)cc1. The molecule has 0 amide bonds. The molecule has 8 nitrogen and oxygen atoms in total. The molecule has 0 radical (unpaired) electrons. The van der Waals surface area contributed by atoms with Gasteiger partial charge >= 0.3 is 17.9 Å². The molecular weight excluding hydrogens is 666 g/mol. The molecule has 0 saturated heterocycles. The van der Waals surface area contributed by atoms with E-state index in [-0.39, 0.29) is 23.8 Å². The van der Waals surface area contributed by atoms with Crippen LogP contribution in [0.5, 0.6) is 17.2 Å². The van der Waals surface area contributed by atoms with Crippen LogP contribution in [0.2, 0.25) is 0 Å². The average molecular weight is 722 g/mol. The van der Waals surface area contributed by atoms with Gasteiger partial charge in [0.25, 0.3) is 0 Å². The smallest absolute Gasteiger partial charge is 0.330 e. The fourth-order valence-electron chi connectivity index (χ4n) is 7.66. The molecule has 2 saturated carbocycles. The molecule has 53 heavy (non-hydrogen) atoms. The third-order valence-electron chi connectivity index (χ3n) is 10.8. The van der Waals surface area contributed by atoms with Gasteiger partial charge in [0.15, 0.2) is 0 Å². The third-order valence-corrected chi connectivity index (χ3v) is 10.8. The Kier molecular flexibility index (Phi) is 15.3. The number of rotatable bonds is 18. The number of carbonyl (C=O) groups is 3. The molecule has 8 heteroatoms. The van der Waals surface area contributed by atoms with E-state index in [0.717, 1.165) is 42.7 Å². The zero-order valence-corrected chi connectivity index (χ0v) is 31.2. The van der Waals surface area contributed by atoms with Crippen molar-refractivity contribution in [1.29, 1.82) is 5.41 Å². The van der Waals surface area contributed by atoms with E-state index in [9.17, 15) is 14.4 Å². The van der Waals surface area contributed by atoms with E-state index in [0.29, 0.717) is 67.6 Å². The average Bonchev–Trinajstić information content (AvgIpc) is 3.20. The summed E-state index contributed by atoms with van der Waals surface area (Å²) in [5.74, 6) is 1.55. The summed E-state index contributed by atoms with van der Waals surface area (Å²) in [6, 6.07) is 21.3. The summed E-state index contributed by atoms with van der Waals surface area (Å²) in [5, 5.41) is 8.06. The lowest BCUT2D eigenvalue weighted by Gasteiger charge is -2.28. The van der Waals surface area contributed by atoms with Crippen molar-refractivity contribution < 1.29 is 33.3 Å². The van der Waals surface area contributed by atoms with Crippen LogP contribution in [0.3, 0.4) is 0 Å². The Hall–Kier alpha value is -4.72. The number of hydrogen-bond acceptors (Lipinski definition) is 8. The highest BCUT2D eigenvalue weighted by atomic mass is 16.5. The molecule has 0 bridgehead atoms. The van der Waals surface area contributed by atoms with Crippen molar-refractivity contribution in [1.82, 2.24) is 0 Å². The quantitative estimate of drug-likeness (QED) is 0.0457. The number of carbonyl (C=O) groups excluding carboxylic acids is 3. The molecule has 2 aliphatic carbocycles. The first-order valence-electron chi connectivity index (χ1n) is 19.6. The zero-order chi connectivity index (χ0) is 37.4. The summed E-state index contributed by atoms with van der Waals surface area (Å²) in [6.45, 7) is 6.63. The van der Waals surface area contributed by atoms with E-state index >= 15 is 0 Å². The number of ether oxygens (including phenoxy) is 4. The Balaban J connectivity index is 1.02. The summed E-state index contributed by atoms with van der Waals surface area (Å²) >= 11 is 0. The van der Waals surface area contributed by atoms with Gasteiger partial charge in [-0.15, -0.1) is 0 Å². The minimum absolute atomic E-state index is 0.276. The van der Waals surface area contributed by atoms with Crippen LogP contribution in [0.4, 0.5) is 0 Å². The number of esters is 3. The number of benzene rings is 3. The normalized spacial score (nSPS) is 19.8. The molecule has 5 rings (SSSR count). The van der Waals surface area contributed by atoms with Crippen molar-refractivity contribution in [3.63, 3.8) is 0 Å². The Morgan fingerprint density at radius 2 is 1.30 bits per heavy atom. The Morgan fingerprint density at radius 3 is 1.91 bits per heavy atom. The second-order valence-corrected chi connectivity index (χ2v) is 14.5. The van der Waals surface area contributed by atoms with Gasteiger partial charge in [0.05, 0.1) is 25.0 Å². The van der Waals surface area contributed by atoms with Crippen LogP contribution in [0.15, 0.2) is 79.4 Å². The zero-order valence-electron chi connectivity index (χ0n) is 31.2. The monoisotopic (exact) mass is 721 g/mol. The molecule has 2 fully saturated rings. The second-order valence-electron chi connectivity index (χ2n) is 14.5. The summed E-state index contributed by atoms with van der Waals surface area (Å²) in [5.41, 5.74) is 4.08. The predicted octanol–water partition coefficient (Wildman–Crippen LogP) is 10.4. The van der Waals surface area contributed by atoms with E-state index in [4.69, 9.17) is 24.4 Å². The fourth-order valence-corrected chi connectivity index (χ4v) is 7.66. The molecule has 2 aliphatic rings. The second kappa shape index (κ2) is 20.5. The van der Waals surface area contributed by atoms with Crippen molar-refractivity contribution in [2.45, 2.75) is 103 Å². The van der Waals surface area contributed by atoms with Crippen LogP contribution >= 0.6 is 0 Å². The molecule has 0 aliphatic heterocycles. The predicted molar refractivity (Wildman–Crippen MR) is 208 cm³/mol. The number of nitrogens with one attached hydrogen (secondary N) is 1. The van der Waals surface area contributed by atoms with E-state index < -0.39 is 5.97 Å². The molecule has 1 N–H and O–H groups in total. The van der Waals surface area contributed by atoms with Gasteiger partial charge in [-0.3, -0.25) is 9.59 Å². The van der Waals surface area contributed by atoms with Gasteiger partial charge in [0, 0.05) is 17.9 Å². The topological polar surface area (TPSA) is 112 Å². The van der Waals surface area contributed by atoms with Crippen LogP contribution in [-0.4, -0.2) is 37.3 Å². The minimum Gasteiger partial charge on any atom is -0.494 e. The van der Waals surface area contributed by atoms with Gasteiger partial charge < -0.3 is 24.4 Å². The summed E-state index contributed by atoms with van der Waals surface area (Å²) in [7, 11) is 0. The van der Waals surface area contributed by atoms with Crippen molar-refractivity contribution in [3.8, 4) is 28.4 Å². The van der Waals surface area contributed by atoms with Gasteiger partial charge in [0.2, 0.25) is 0 Å². The number of unbranched alkanes of at least 4 members (excludes halogenated alkanes) is 3. The molecule has 3 aromatic rings. The van der Waals surface area contributed by atoms with Gasteiger partial charge in [-0.25, -0.2) is 4.79 Å². The molecule has 0 unspecified atom stereocenters. The Bertz CT molecular complexity index is 1650. The van der Waals surface area contributed by atoms with E-state index in [1.54, 1.807) is 36.4 Å². The fraction of sp³-hybridized carbons (Fsp3) is 0.467. The Labute approximate surface area is 314 Å². The summed E-state index contributed by atoms with van der Waals surface area (Å²) in [6.07, 6.45) is 16.1. The highest BCUT2D eigenvalue weighted by molar-refractivity contribution is 5.90. The highest BCUT2D eigenvalue weighted by Crippen LogP contribution is 2.38. The number of hydrogen-bond donors (Lipinski definition) is 1. The van der Waals surface area contributed by atoms with Crippen molar-refractivity contribution in [2.75, 3.05) is 13.2 Å². The first-order chi connectivity index (χ1) is 25.9. The maximum absolute atomic E-state index is 13.1. The van der Waals surface area contributed by atoms with E-state index in [1.165, 1.54) is 56.4 Å². The van der Waals surface area contributed by atoms with Gasteiger partial charge in [-0.05, 0) is 142 Å². The van der Waals surface area contributed by atoms with Crippen LogP contribution in [0.1, 0.15) is 114 Å². The third kappa shape index (κ3) is 11.9. The van der Waals surface area contributed by atoms with Crippen LogP contribution in [0.25, 0.3) is 11.1 Å². The standard InChI is InChI=1S/C45H55NO7/c1-3-9-32-10-12-33(13-11-32)34-14-16-35(17-15-34)42-27-26-41(30-38(42)31-46)53-45(49)37-20-18-36(19-21-37)44(48)52-40-24-22-39(23-25-40)50-28-7-5-6-8-29-51-43(47)4-2/h4,14-17,22-27,30-33,36-37,46H,2-3,5-13,18-21,28-29H2,1H3. The molecule has 0 atom stereocenters. The molecule has 0 heterocycles. The Morgan fingerprint density at radius 1 is 0.717 bits per heavy atom. The van der Waals surface area contributed by atoms with E-state index in [2.05, 4.69) is 37.8 Å². The highest BCUT2D eigenvalue weighted by Gasteiger charge is 2.32.